The Balaban J connectivity index is 1.94. The van der Waals surface area contributed by atoms with Gasteiger partial charge in [0.25, 0.3) is 5.91 Å². The number of nitrogens with two attached hydrogens (primary N) is 1. The molecule has 0 heterocycles. The van der Waals surface area contributed by atoms with Crippen LogP contribution in [0.25, 0.3) is 0 Å². The molecule has 0 aliphatic rings. The highest BCUT2D eigenvalue weighted by molar-refractivity contribution is 5.87. The maximum atomic E-state index is 12.5. The molecule has 0 saturated carbocycles. The number of esters is 1. The highest BCUT2D eigenvalue weighted by Gasteiger charge is 2.29. The van der Waals surface area contributed by atoms with Crippen LogP contribution in [-0.4, -0.2) is 35.2 Å². The van der Waals surface area contributed by atoms with Crippen molar-refractivity contribution in [1.29, 1.82) is 0 Å². The lowest BCUT2D eigenvalue weighted by molar-refractivity contribution is -0.150. The minimum atomic E-state index is -1.42. The number of carbonyl (C=O) groups excluding carboxylic acids is 2. The fraction of sp³-hybridized carbons (Fsp3) is 0.391. The van der Waals surface area contributed by atoms with E-state index in [0.717, 1.165) is 11.1 Å². The molecule has 156 valence electrons. The van der Waals surface area contributed by atoms with Gasteiger partial charge in [0.15, 0.2) is 0 Å². The smallest absolute Gasteiger partial charge is 0.328 e. The third-order valence-corrected chi connectivity index (χ3v) is 4.52. The summed E-state index contributed by atoms with van der Waals surface area (Å²) in [6.45, 7) is 4.02. The van der Waals surface area contributed by atoms with Crippen LogP contribution in [0.1, 0.15) is 31.4 Å². The van der Waals surface area contributed by atoms with E-state index in [9.17, 15) is 14.7 Å². The predicted octanol–water partition coefficient (Wildman–Crippen LogP) is 2.19. The lowest BCUT2D eigenvalue weighted by Crippen LogP contribution is -2.52. The average Bonchev–Trinajstić information content (AvgIpc) is 2.72. The van der Waals surface area contributed by atoms with E-state index in [2.05, 4.69) is 5.32 Å². The molecule has 3 atom stereocenters. The third-order valence-electron chi connectivity index (χ3n) is 4.52. The van der Waals surface area contributed by atoms with Gasteiger partial charge in [0.2, 0.25) is 0 Å². The summed E-state index contributed by atoms with van der Waals surface area (Å²) >= 11 is 0. The Morgan fingerprint density at radius 2 is 1.55 bits per heavy atom. The molecule has 2 aromatic rings. The molecule has 0 saturated heterocycles. The Morgan fingerprint density at radius 3 is 2.10 bits per heavy atom. The van der Waals surface area contributed by atoms with Crippen molar-refractivity contribution in [2.45, 2.75) is 51.5 Å². The standard InChI is InChI=1S/C23H30N2O4/c1-16(2)13-20(23(28)29-15-18-11-7-4-8-12-18)25-22(27)21(26)19(24)14-17-9-5-3-6-10-17/h3-12,16,19-21,26H,13-15,24H2,1-2H3,(H,25,27)/t19-,20+,21+/m1/s1. The molecule has 0 aromatic heterocycles. The minimum absolute atomic E-state index is 0.125. The van der Waals surface area contributed by atoms with E-state index in [4.69, 9.17) is 10.5 Å². The van der Waals surface area contributed by atoms with Crippen LogP contribution in [0.4, 0.5) is 0 Å². The van der Waals surface area contributed by atoms with Gasteiger partial charge in [-0.3, -0.25) is 4.79 Å². The highest BCUT2D eigenvalue weighted by atomic mass is 16.5. The van der Waals surface area contributed by atoms with E-state index in [1.165, 1.54) is 0 Å². The number of nitrogens with one attached hydrogen (secondary N) is 1. The molecule has 29 heavy (non-hydrogen) atoms. The number of hydrogen-bond acceptors (Lipinski definition) is 5. The molecule has 0 spiro atoms. The second kappa shape index (κ2) is 11.3. The van der Waals surface area contributed by atoms with Gasteiger partial charge in [-0.25, -0.2) is 4.79 Å². The van der Waals surface area contributed by atoms with Gasteiger partial charge >= 0.3 is 5.97 Å². The zero-order valence-corrected chi connectivity index (χ0v) is 17.0. The molecule has 0 aliphatic heterocycles. The summed E-state index contributed by atoms with van der Waals surface area (Å²) in [6.07, 6.45) is -0.672. The predicted molar refractivity (Wildman–Crippen MR) is 112 cm³/mol. The zero-order valence-electron chi connectivity index (χ0n) is 17.0. The molecule has 0 aliphatic carbocycles. The van der Waals surface area contributed by atoms with E-state index in [0.29, 0.717) is 12.8 Å². The molecule has 6 nitrogen and oxygen atoms in total. The van der Waals surface area contributed by atoms with Crippen molar-refractivity contribution in [3.8, 4) is 0 Å². The normalized spacial score (nSPS) is 14.1. The van der Waals surface area contributed by atoms with Crippen molar-refractivity contribution >= 4 is 11.9 Å². The van der Waals surface area contributed by atoms with E-state index >= 15 is 0 Å². The van der Waals surface area contributed by atoms with Crippen LogP contribution in [0, 0.1) is 5.92 Å². The summed E-state index contributed by atoms with van der Waals surface area (Å²) in [5, 5.41) is 12.9. The first-order chi connectivity index (χ1) is 13.9. The van der Waals surface area contributed by atoms with Gasteiger partial charge in [0.1, 0.15) is 18.8 Å². The molecule has 0 radical (unpaired) electrons. The van der Waals surface area contributed by atoms with Gasteiger partial charge in [0, 0.05) is 6.04 Å². The number of aliphatic hydroxyl groups excluding tert-OH is 1. The van der Waals surface area contributed by atoms with Crippen molar-refractivity contribution in [2.75, 3.05) is 0 Å². The molecule has 0 unspecified atom stereocenters. The van der Waals surface area contributed by atoms with E-state index in [1.807, 2.05) is 74.5 Å². The maximum Gasteiger partial charge on any atom is 0.328 e. The molecule has 2 aromatic carbocycles. The first-order valence-corrected chi connectivity index (χ1v) is 9.85. The van der Waals surface area contributed by atoms with Crippen LogP contribution in [0.15, 0.2) is 60.7 Å². The van der Waals surface area contributed by atoms with Gasteiger partial charge in [0.05, 0.1) is 0 Å². The third kappa shape index (κ3) is 7.68. The van der Waals surface area contributed by atoms with Crippen LogP contribution in [0.3, 0.4) is 0 Å². The number of aliphatic hydroxyl groups is 1. The summed E-state index contributed by atoms with van der Waals surface area (Å²) in [7, 11) is 0. The lowest BCUT2D eigenvalue weighted by atomic mass is 10.00. The minimum Gasteiger partial charge on any atom is -0.459 e. The van der Waals surface area contributed by atoms with Gasteiger partial charge in [-0.1, -0.05) is 74.5 Å². The number of benzene rings is 2. The fourth-order valence-electron chi connectivity index (χ4n) is 2.96. The second-order valence-electron chi connectivity index (χ2n) is 7.58. The summed E-state index contributed by atoms with van der Waals surface area (Å²) in [5.41, 5.74) is 7.80. The van der Waals surface area contributed by atoms with Crippen LogP contribution in [0.2, 0.25) is 0 Å². The lowest BCUT2D eigenvalue weighted by Gasteiger charge is -2.23. The van der Waals surface area contributed by atoms with E-state index in [-0.39, 0.29) is 12.5 Å². The van der Waals surface area contributed by atoms with E-state index < -0.39 is 30.1 Å². The molecule has 0 bridgehead atoms. The van der Waals surface area contributed by atoms with Crippen molar-refractivity contribution in [1.82, 2.24) is 5.32 Å². The van der Waals surface area contributed by atoms with Crippen molar-refractivity contribution in [3.63, 3.8) is 0 Å². The second-order valence-corrected chi connectivity index (χ2v) is 7.58. The summed E-state index contributed by atoms with van der Waals surface area (Å²) in [5.74, 6) is -1.05. The van der Waals surface area contributed by atoms with Gasteiger partial charge in [-0.2, -0.15) is 0 Å². The summed E-state index contributed by atoms with van der Waals surface area (Å²) in [6, 6.07) is 17.1. The molecule has 6 heteroatoms. The number of ether oxygens (including phenoxy) is 1. The largest absolute Gasteiger partial charge is 0.459 e. The van der Waals surface area contributed by atoms with Crippen LogP contribution in [-0.2, 0) is 27.4 Å². The first kappa shape index (κ1) is 22.6. The molecular formula is C23H30N2O4. The Morgan fingerprint density at radius 1 is 1.00 bits per heavy atom. The molecule has 4 N–H and O–H groups in total. The fourth-order valence-corrected chi connectivity index (χ4v) is 2.96. The molecule has 2 rings (SSSR count). The number of rotatable bonds is 10. The Kier molecular flexibility index (Phi) is 8.83. The average molecular weight is 399 g/mol. The molecule has 1 amide bonds. The van der Waals surface area contributed by atoms with Gasteiger partial charge < -0.3 is 20.9 Å². The van der Waals surface area contributed by atoms with Crippen molar-refractivity contribution in [3.05, 3.63) is 71.8 Å². The van der Waals surface area contributed by atoms with Crippen molar-refractivity contribution < 1.29 is 19.4 Å². The maximum absolute atomic E-state index is 12.5. The Hall–Kier alpha value is -2.70. The molecular weight excluding hydrogens is 368 g/mol. The SMILES string of the molecule is CC(C)C[C@H](NC(=O)[C@@H](O)[C@H](N)Cc1ccccc1)C(=O)OCc1ccccc1. The highest BCUT2D eigenvalue weighted by Crippen LogP contribution is 2.10. The summed E-state index contributed by atoms with van der Waals surface area (Å²) < 4.78 is 5.36. The Bertz CT molecular complexity index is 765. The monoisotopic (exact) mass is 398 g/mol. The van der Waals surface area contributed by atoms with Crippen LogP contribution >= 0.6 is 0 Å². The van der Waals surface area contributed by atoms with E-state index in [1.54, 1.807) is 0 Å². The van der Waals surface area contributed by atoms with Crippen LogP contribution in [0.5, 0.6) is 0 Å². The first-order valence-electron chi connectivity index (χ1n) is 9.85. The quantitative estimate of drug-likeness (QED) is 0.533. The zero-order chi connectivity index (χ0) is 21.2. The number of hydrogen-bond donors (Lipinski definition) is 3. The van der Waals surface area contributed by atoms with Crippen LogP contribution < -0.4 is 11.1 Å². The van der Waals surface area contributed by atoms with Gasteiger partial charge in [-0.05, 0) is 29.9 Å². The molecule has 0 fully saturated rings. The number of amides is 1. The topological polar surface area (TPSA) is 102 Å². The number of carbonyl (C=O) groups is 2. The summed E-state index contributed by atoms with van der Waals surface area (Å²) in [4.78, 5) is 25.0. The Labute approximate surface area is 172 Å². The van der Waals surface area contributed by atoms with Crippen molar-refractivity contribution in [2.24, 2.45) is 11.7 Å². The van der Waals surface area contributed by atoms with Gasteiger partial charge in [-0.15, -0.1) is 0 Å².